The van der Waals surface area contributed by atoms with Gasteiger partial charge in [0.25, 0.3) is 0 Å². The van der Waals surface area contributed by atoms with Crippen molar-refractivity contribution >= 4 is 0 Å². The van der Waals surface area contributed by atoms with Crippen LogP contribution in [0.25, 0.3) is 0 Å². The smallest absolute Gasteiger partial charge is 0.0587 e. The summed E-state index contributed by atoms with van der Waals surface area (Å²) in [4.78, 5) is 0. The van der Waals surface area contributed by atoms with Gasteiger partial charge in [-0.15, -0.1) is 0 Å². The van der Waals surface area contributed by atoms with Gasteiger partial charge in [0, 0.05) is 12.6 Å². The van der Waals surface area contributed by atoms with Crippen LogP contribution in [0.1, 0.15) is 39.5 Å². The van der Waals surface area contributed by atoms with Crippen LogP contribution in [0.4, 0.5) is 0 Å². The lowest BCUT2D eigenvalue weighted by Crippen LogP contribution is -2.29. The first kappa shape index (κ1) is 10.0. The molecule has 0 spiro atoms. The Morgan fingerprint density at radius 1 is 1.42 bits per heavy atom. The quantitative estimate of drug-likeness (QED) is 0.698. The molecule has 0 aliphatic carbocycles. The lowest BCUT2D eigenvalue weighted by Gasteiger charge is -2.22. The van der Waals surface area contributed by atoms with Gasteiger partial charge in [-0.3, -0.25) is 0 Å². The third-order valence-corrected chi connectivity index (χ3v) is 2.29. The molecule has 2 nitrogen and oxygen atoms in total. The molecule has 2 heteroatoms. The molecule has 1 aliphatic rings. The van der Waals surface area contributed by atoms with Gasteiger partial charge in [-0.1, -0.05) is 13.8 Å². The summed E-state index contributed by atoms with van der Waals surface area (Å²) < 4.78 is 5.62. The van der Waals surface area contributed by atoms with Crippen molar-refractivity contribution in [1.82, 2.24) is 5.32 Å². The van der Waals surface area contributed by atoms with Gasteiger partial charge in [0.2, 0.25) is 0 Å². The van der Waals surface area contributed by atoms with E-state index >= 15 is 0 Å². The molecular formula is C10H21NO. The third kappa shape index (κ3) is 4.07. The molecule has 0 aromatic heterocycles. The molecule has 12 heavy (non-hydrogen) atoms. The SMILES string of the molecule is CC(C)NCCC1CCCCO1. The van der Waals surface area contributed by atoms with Crippen molar-refractivity contribution in [2.75, 3.05) is 13.2 Å². The lowest BCUT2D eigenvalue weighted by molar-refractivity contribution is 0.0113. The summed E-state index contributed by atoms with van der Waals surface area (Å²) in [7, 11) is 0. The molecule has 1 aliphatic heterocycles. The fourth-order valence-corrected chi connectivity index (χ4v) is 1.57. The van der Waals surface area contributed by atoms with Crippen LogP contribution < -0.4 is 5.32 Å². The zero-order valence-corrected chi connectivity index (χ0v) is 8.31. The van der Waals surface area contributed by atoms with Crippen molar-refractivity contribution in [3.05, 3.63) is 0 Å². The summed E-state index contributed by atoms with van der Waals surface area (Å²) in [6.45, 7) is 6.44. The van der Waals surface area contributed by atoms with Gasteiger partial charge in [-0.25, -0.2) is 0 Å². The van der Waals surface area contributed by atoms with Crippen molar-refractivity contribution in [2.45, 2.75) is 51.7 Å². The average molecular weight is 171 g/mol. The molecule has 0 bridgehead atoms. The number of nitrogens with one attached hydrogen (secondary N) is 1. The third-order valence-electron chi connectivity index (χ3n) is 2.29. The van der Waals surface area contributed by atoms with E-state index in [1.165, 1.54) is 25.7 Å². The first-order chi connectivity index (χ1) is 5.79. The Morgan fingerprint density at radius 2 is 2.25 bits per heavy atom. The molecule has 1 N–H and O–H groups in total. The highest BCUT2D eigenvalue weighted by atomic mass is 16.5. The fraction of sp³-hybridized carbons (Fsp3) is 1.00. The van der Waals surface area contributed by atoms with Crippen molar-refractivity contribution in [2.24, 2.45) is 0 Å². The molecule has 0 aromatic carbocycles. The van der Waals surface area contributed by atoms with Crippen molar-refractivity contribution in [3.63, 3.8) is 0 Å². The van der Waals surface area contributed by atoms with Crippen LogP contribution in [0.3, 0.4) is 0 Å². The predicted molar refractivity (Wildman–Crippen MR) is 51.3 cm³/mol. The van der Waals surface area contributed by atoms with Crippen LogP contribution in [-0.4, -0.2) is 25.3 Å². The number of ether oxygens (including phenoxy) is 1. The molecule has 1 atom stereocenters. The summed E-state index contributed by atoms with van der Waals surface area (Å²) in [5.74, 6) is 0. The van der Waals surface area contributed by atoms with Gasteiger partial charge in [-0.2, -0.15) is 0 Å². The van der Waals surface area contributed by atoms with E-state index < -0.39 is 0 Å². The Labute approximate surface area is 75.7 Å². The number of hydrogen-bond donors (Lipinski definition) is 1. The van der Waals surface area contributed by atoms with Crippen LogP contribution in [0.5, 0.6) is 0 Å². The summed E-state index contributed by atoms with van der Waals surface area (Å²) in [5, 5.41) is 3.41. The largest absolute Gasteiger partial charge is 0.378 e. The van der Waals surface area contributed by atoms with Gasteiger partial charge < -0.3 is 10.1 Å². The molecule has 72 valence electrons. The molecule has 1 unspecified atom stereocenters. The first-order valence-corrected chi connectivity index (χ1v) is 5.14. The van der Waals surface area contributed by atoms with Gasteiger partial charge in [0.15, 0.2) is 0 Å². The van der Waals surface area contributed by atoms with E-state index in [2.05, 4.69) is 19.2 Å². The standard InChI is InChI=1S/C10H21NO/c1-9(2)11-7-6-10-5-3-4-8-12-10/h9-11H,3-8H2,1-2H3. The summed E-state index contributed by atoms with van der Waals surface area (Å²) in [6, 6.07) is 0.605. The second kappa shape index (κ2) is 5.55. The minimum Gasteiger partial charge on any atom is -0.378 e. The highest BCUT2D eigenvalue weighted by molar-refractivity contribution is 4.65. The first-order valence-electron chi connectivity index (χ1n) is 5.14. The molecule has 0 radical (unpaired) electrons. The van der Waals surface area contributed by atoms with E-state index in [-0.39, 0.29) is 0 Å². The second-order valence-electron chi connectivity index (χ2n) is 3.89. The maximum Gasteiger partial charge on any atom is 0.0587 e. The van der Waals surface area contributed by atoms with Gasteiger partial charge in [0.1, 0.15) is 0 Å². The van der Waals surface area contributed by atoms with Crippen LogP contribution in [0.2, 0.25) is 0 Å². The molecule has 0 saturated carbocycles. The molecule has 0 amide bonds. The topological polar surface area (TPSA) is 21.3 Å². The zero-order valence-electron chi connectivity index (χ0n) is 8.31. The molecule has 1 heterocycles. The summed E-state index contributed by atoms with van der Waals surface area (Å²) >= 11 is 0. The maximum atomic E-state index is 5.62. The maximum absolute atomic E-state index is 5.62. The molecular weight excluding hydrogens is 150 g/mol. The average Bonchev–Trinajstić information content (AvgIpc) is 2.05. The van der Waals surface area contributed by atoms with Crippen molar-refractivity contribution < 1.29 is 4.74 Å². The Balaban J connectivity index is 1.98. The highest BCUT2D eigenvalue weighted by Crippen LogP contribution is 2.14. The minimum atomic E-state index is 0.532. The summed E-state index contributed by atoms with van der Waals surface area (Å²) in [5.41, 5.74) is 0. The molecule has 0 aromatic rings. The fourth-order valence-electron chi connectivity index (χ4n) is 1.57. The van der Waals surface area contributed by atoms with Crippen molar-refractivity contribution in [1.29, 1.82) is 0 Å². The van der Waals surface area contributed by atoms with Crippen LogP contribution in [0, 0.1) is 0 Å². The number of rotatable bonds is 4. The zero-order chi connectivity index (χ0) is 8.81. The van der Waals surface area contributed by atoms with Crippen LogP contribution in [-0.2, 0) is 4.74 Å². The van der Waals surface area contributed by atoms with E-state index in [0.717, 1.165) is 13.2 Å². The van der Waals surface area contributed by atoms with E-state index in [4.69, 9.17) is 4.74 Å². The van der Waals surface area contributed by atoms with Gasteiger partial charge >= 0.3 is 0 Å². The van der Waals surface area contributed by atoms with E-state index in [1.807, 2.05) is 0 Å². The van der Waals surface area contributed by atoms with Crippen LogP contribution >= 0.6 is 0 Å². The highest BCUT2D eigenvalue weighted by Gasteiger charge is 2.12. The Hall–Kier alpha value is -0.0800. The van der Waals surface area contributed by atoms with Crippen molar-refractivity contribution in [3.8, 4) is 0 Å². The normalized spacial score (nSPS) is 24.8. The van der Waals surface area contributed by atoms with Gasteiger partial charge in [0.05, 0.1) is 6.10 Å². The minimum absolute atomic E-state index is 0.532. The molecule has 1 rings (SSSR count). The Bertz CT molecular complexity index is 108. The molecule has 1 saturated heterocycles. The predicted octanol–water partition coefficient (Wildman–Crippen LogP) is 1.94. The van der Waals surface area contributed by atoms with Crippen LogP contribution in [0.15, 0.2) is 0 Å². The van der Waals surface area contributed by atoms with E-state index in [9.17, 15) is 0 Å². The second-order valence-corrected chi connectivity index (χ2v) is 3.89. The molecule has 1 fully saturated rings. The Kier molecular flexibility index (Phi) is 4.62. The lowest BCUT2D eigenvalue weighted by atomic mass is 10.1. The van der Waals surface area contributed by atoms with E-state index in [1.54, 1.807) is 0 Å². The van der Waals surface area contributed by atoms with E-state index in [0.29, 0.717) is 12.1 Å². The number of hydrogen-bond acceptors (Lipinski definition) is 2. The van der Waals surface area contributed by atoms with Gasteiger partial charge in [-0.05, 0) is 32.2 Å². The monoisotopic (exact) mass is 171 g/mol. The Morgan fingerprint density at radius 3 is 2.83 bits per heavy atom. The summed E-state index contributed by atoms with van der Waals surface area (Å²) in [6.07, 6.45) is 5.59.